The van der Waals surface area contributed by atoms with Crippen LogP contribution in [0.2, 0.25) is 0 Å². The number of hydrogen-bond acceptors (Lipinski definition) is 4. The quantitative estimate of drug-likeness (QED) is 0.331. The molecule has 0 bridgehead atoms. The van der Waals surface area contributed by atoms with E-state index < -0.39 is 5.60 Å². The molecule has 1 atom stereocenters. The van der Waals surface area contributed by atoms with E-state index in [0.717, 1.165) is 42.6 Å². The highest BCUT2D eigenvalue weighted by molar-refractivity contribution is 5.70. The topological polar surface area (TPSA) is 55.8 Å². The summed E-state index contributed by atoms with van der Waals surface area (Å²) in [5.74, 6) is 0.721. The zero-order valence-electron chi connectivity index (χ0n) is 23.0. The minimum Gasteiger partial charge on any atom is -0.489 e. The first-order valence-corrected chi connectivity index (χ1v) is 13.7. The molecule has 4 nitrogen and oxygen atoms in total. The van der Waals surface area contributed by atoms with E-state index in [-0.39, 0.29) is 17.5 Å². The van der Waals surface area contributed by atoms with Gasteiger partial charge in [0.15, 0.2) is 0 Å². The van der Waals surface area contributed by atoms with Crippen LogP contribution in [0.15, 0.2) is 42.5 Å². The van der Waals surface area contributed by atoms with E-state index in [1.54, 1.807) is 0 Å². The Kier molecular flexibility index (Phi) is 9.41. The van der Waals surface area contributed by atoms with Gasteiger partial charge in [-0.3, -0.25) is 4.79 Å². The summed E-state index contributed by atoms with van der Waals surface area (Å²) < 4.78 is 11.5. The minimum absolute atomic E-state index is 0.0945. The van der Waals surface area contributed by atoms with Gasteiger partial charge >= 0.3 is 5.97 Å². The summed E-state index contributed by atoms with van der Waals surface area (Å²) in [5.41, 5.74) is 5.20. The molecule has 0 aliphatic carbocycles. The van der Waals surface area contributed by atoms with Gasteiger partial charge in [0.2, 0.25) is 0 Å². The first-order chi connectivity index (χ1) is 17.2. The fourth-order valence-corrected chi connectivity index (χ4v) is 5.31. The Hall–Kier alpha value is -2.59. The molecule has 4 heteroatoms. The summed E-state index contributed by atoms with van der Waals surface area (Å²) in [6.07, 6.45) is 9.47. The third-order valence-corrected chi connectivity index (χ3v) is 8.18. The molecular formula is C32H44O4. The molecule has 1 fully saturated rings. The Morgan fingerprint density at radius 1 is 0.972 bits per heavy atom. The molecule has 196 valence electrons. The van der Waals surface area contributed by atoms with Crippen LogP contribution in [0.1, 0.15) is 100 Å². The SMILES string of the molecule is CCC(O)(C=Cc1ccc(C(CC)(CC)c2ccc(OC[C@@H]3CCCC(=O)O3)c(C)c2)cc1C)CC. The second-order valence-corrected chi connectivity index (χ2v) is 10.3. The molecule has 0 unspecified atom stereocenters. The number of cyclic esters (lactones) is 1. The molecule has 1 heterocycles. The number of rotatable bonds is 11. The lowest BCUT2D eigenvalue weighted by molar-refractivity contribution is -0.155. The van der Waals surface area contributed by atoms with Gasteiger partial charge in [0.05, 0.1) is 5.60 Å². The van der Waals surface area contributed by atoms with Gasteiger partial charge in [-0.25, -0.2) is 0 Å². The van der Waals surface area contributed by atoms with Crippen LogP contribution < -0.4 is 4.74 Å². The average molecular weight is 493 g/mol. The minimum atomic E-state index is -0.748. The van der Waals surface area contributed by atoms with Crippen molar-refractivity contribution in [1.82, 2.24) is 0 Å². The van der Waals surface area contributed by atoms with Gasteiger partial charge < -0.3 is 14.6 Å². The summed E-state index contributed by atoms with van der Waals surface area (Å²) in [4.78, 5) is 11.6. The maximum Gasteiger partial charge on any atom is 0.306 e. The molecule has 1 aliphatic heterocycles. The molecule has 0 radical (unpaired) electrons. The summed E-state index contributed by atoms with van der Waals surface area (Å²) in [7, 11) is 0. The highest BCUT2D eigenvalue weighted by atomic mass is 16.6. The standard InChI is InChI=1S/C32H44O4/c1-7-31(34,8-2)19-18-25-14-15-26(20-23(25)5)32(9-3,10-4)27-16-17-29(24(6)21-27)35-22-28-12-11-13-30(33)36-28/h14-21,28,34H,7-13,22H2,1-6H3/t28-/m0/s1. The van der Waals surface area contributed by atoms with Crippen LogP contribution in [0.25, 0.3) is 6.08 Å². The van der Waals surface area contributed by atoms with Crippen LogP contribution >= 0.6 is 0 Å². The average Bonchev–Trinajstić information content (AvgIpc) is 2.88. The Morgan fingerprint density at radius 2 is 1.61 bits per heavy atom. The van der Waals surface area contributed by atoms with E-state index in [2.05, 4.69) is 70.2 Å². The largest absolute Gasteiger partial charge is 0.489 e. The van der Waals surface area contributed by atoms with Crippen molar-refractivity contribution in [3.05, 3.63) is 70.3 Å². The number of aliphatic hydroxyl groups is 1. The first kappa shape index (κ1) is 28.0. The van der Waals surface area contributed by atoms with Crippen LogP contribution in [-0.4, -0.2) is 29.4 Å². The third kappa shape index (κ3) is 6.21. The fourth-order valence-electron chi connectivity index (χ4n) is 5.31. The second-order valence-electron chi connectivity index (χ2n) is 10.3. The maximum atomic E-state index is 11.6. The number of esters is 1. The summed E-state index contributed by atoms with van der Waals surface area (Å²) in [6.45, 7) is 13.2. The van der Waals surface area contributed by atoms with Crippen molar-refractivity contribution in [2.45, 2.75) is 104 Å². The summed E-state index contributed by atoms with van der Waals surface area (Å²) >= 11 is 0. The van der Waals surface area contributed by atoms with Gasteiger partial charge in [0.25, 0.3) is 0 Å². The Morgan fingerprint density at radius 3 is 2.17 bits per heavy atom. The van der Waals surface area contributed by atoms with E-state index in [9.17, 15) is 9.90 Å². The molecule has 3 rings (SSSR count). The molecule has 0 saturated carbocycles. The molecule has 1 aliphatic rings. The molecule has 2 aromatic carbocycles. The fraction of sp³-hybridized carbons (Fsp3) is 0.531. The number of hydrogen-bond donors (Lipinski definition) is 1. The molecule has 0 amide bonds. The van der Waals surface area contributed by atoms with Gasteiger partial charge in [0, 0.05) is 11.8 Å². The van der Waals surface area contributed by atoms with Crippen LogP contribution in [-0.2, 0) is 14.9 Å². The van der Waals surface area contributed by atoms with Gasteiger partial charge in [-0.2, -0.15) is 0 Å². The van der Waals surface area contributed by atoms with E-state index in [1.165, 1.54) is 16.7 Å². The number of carbonyl (C=O) groups is 1. The van der Waals surface area contributed by atoms with Crippen molar-refractivity contribution in [3.8, 4) is 5.75 Å². The monoisotopic (exact) mass is 492 g/mol. The lowest BCUT2D eigenvalue weighted by Crippen LogP contribution is -2.29. The Bertz CT molecular complexity index is 1060. The van der Waals surface area contributed by atoms with Crippen LogP contribution in [0.4, 0.5) is 0 Å². The summed E-state index contributed by atoms with van der Waals surface area (Å²) in [5, 5.41) is 10.6. The summed E-state index contributed by atoms with van der Waals surface area (Å²) in [6, 6.07) is 13.2. The van der Waals surface area contributed by atoms with Gasteiger partial charge in [-0.05, 0) is 86.3 Å². The van der Waals surface area contributed by atoms with E-state index in [4.69, 9.17) is 9.47 Å². The third-order valence-electron chi connectivity index (χ3n) is 8.18. The van der Waals surface area contributed by atoms with Gasteiger partial charge in [-0.15, -0.1) is 0 Å². The van der Waals surface area contributed by atoms with Crippen LogP contribution in [0.5, 0.6) is 5.75 Å². The van der Waals surface area contributed by atoms with Crippen molar-refractivity contribution in [1.29, 1.82) is 0 Å². The van der Waals surface area contributed by atoms with Crippen molar-refractivity contribution in [2.75, 3.05) is 6.61 Å². The van der Waals surface area contributed by atoms with Crippen LogP contribution in [0.3, 0.4) is 0 Å². The van der Waals surface area contributed by atoms with Crippen molar-refractivity contribution >= 4 is 12.0 Å². The maximum absolute atomic E-state index is 11.6. The number of aryl methyl sites for hydroxylation is 2. The second kappa shape index (κ2) is 12.1. The first-order valence-electron chi connectivity index (χ1n) is 13.7. The predicted octanol–water partition coefficient (Wildman–Crippen LogP) is 7.45. The highest BCUT2D eigenvalue weighted by Gasteiger charge is 2.31. The smallest absolute Gasteiger partial charge is 0.306 e. The normalized spacial score (nSPS) is 16.9. The molecule has 36 heavy (non-hydrogen) atoms. The number of benzene rings is 2. The zero-order valence-corrected chi connectivity index (χ0v) is 23.0. The van der Waals surface area contributed by atoms with Gasteiger partial charge in [0.1, 0.15) is 18.5 Å². The van der Waals surface area contributed by atoms with Crippen molar-refractivity contribution in [2.24, 2.45) is 0 Å². The van der Waals surface area contributed by atoms with E-state index >= 15 is 0 Å². The molecule has 1 saturated heterocycles. The van der Waals surface area contributed by atoms with E-state index in [0.29, 0.717) is 25.9 Å². The number of carbonyl (C=O) groups excluding carboxylic acids is 1. The molecule has 0 aromatic heterocycles. The molecular weight excluding hydrogens is 448 g/mol. The van der Waals surface area contributed by atoms with Gasteiger partial charge in [-0.1, -0.05) is 70.2 Å². The van der Waals surface area contributed by atoms with E-state index in [1.807, 2.05) is 19.9 Å². The lowest BCUT2D eigenvalue weighted by atomic mass is 9.70. The Balaban J connectivity index is 1.84. The molecule has 0 spiro atoms. The van der Waals surface area contributed by atoms with Crippen LogP contribution in [0, 0.1) is 13.8 Å². The lowest BCUT2D eigenvalue weighted by Gasteiger charge is -2.34. The predicted molar refractivity (Wildman–Crippen MR) is 148 cm³/mol. The number of ether oxygens (including phenoxy) is 2. The van der Waals surface area contributed by atoms with Crippen molar-refractivity contribution < 1.29 is 19.4 Å². The highest BCUT2D eigenvalue weighted by Crippen LogP contribution is 2.41. The molecule has 2 aromatic rings. The van der Waals surface area contributed by atoms with Crippen molar-refractivity contribution in [3.63, 3.8) is 0 Å². The molecule has 1 N–H and O–H groups in total. The Labute approximate surface area is 217 Å². The zero-order chi connectivity index (χ0) is 26.3.